The van der Waals surface area contributed by atoms with Gasteiger partial charge in [-0.3, -0.25) is 4.79 Å². The Kier molecular flexibility index (Phi) is 4.63. The lowest BCUT2D eigenvalue weighted by Crippen LogP contribution is -2.42. The van der Waals surface area contributed by atoms with Crippen molar-refractivity contribution in [1.29, 1.82) is 0 Å². The quantitative estimate of drug-likeness (QED) is 0.828. The van der Waals surface area contributed by atoms with Crippen LogP contribution < -0.4 is 5.32 Å². The first-order chi connectivity index (χ1) is 7.05. The van der Waals surface area contributed by atoms with Crippen molar-refractivity contribution in [3.8, 4) is 0 Å². The Bertz CT molecular complexity index is 309. The van der Waals surface area contributed by atoms with Crippen molar-refractivity contribution in [2.75, 3.05) is 18.6 Å². The summed E-state index contributed by atoms with van der Waals surface area (Å²) in [4.78, 5) is 12.2. The molecule has 0 spiro atoms. The number of thioether (sulfide) groups is 1. The molecule has 1 amide bonds. The van der Waals surface area contributed by atoms with Crippen molar-refractivity contribution in [3.63, 3.8) is 0 Å². The zero-order valence-corrected chi connectivity index (χ0v) is 10.5. The van der Waals surface area contributed by atoms with Gasteiger partial charge in [0.2, 0.25) is 0 Å². The first kappa shape index (κ1) is 12.5. The van der Waals surface area contributed by atoms with E-state index in [0.29, 0.717) is 10.6 Å². The SMILES string of the molecule is CSCC(C)(O)CNC(=O)c1cccs1. The highest BCUT2D eigenvalue weighted by Crippen LogP contribution is 2.11. The summed E-state index contributed by atoms with van der Waals surface area (Å²) >= 11 is 2.96. The molecule has 3 nitrogen and oxygen atoms in total. The third kappa shape index (κ3) is 4.24. The number of thiophene rings is 1. The number of hydrogen-bond donors (Lipinski definition) is 2. The molecule has 1 heterocycles. The summed E-state index contributed by atoms with van der Waals surface area (Å²) in [5.74, 6) is 0.490. The maximum Gasteiger partial charge on any atom is 0.261 e. The minimum atomic E-state index is -0.841. The van der Waals surface area contributed by atoms with Crippen molar-refractivity contribution in [2.24, 2.45) is 0 Å². The average molecular weight is 245 g/mol. The number of hydrogen-bond acceptors (Lipinski definition) is 4. The molecule has 0 aromatic carbocycles. The number of aliphatic hydroxyl groups is 1. The molecule has 0 aliphatic heterocycles. The summed E-state index contributed by atoms with van der Waals surface area (Å²) < 4.78 is 0. The second kappa shape index (κ2) is 5.53. The van der Waals surface area contributed by atoms with Gasteiger partial charge in [0.05, 0.1) is 10.5 Å². The maximum atomic E-state index is 11.5. The van der Waals surface area contributed by atoms with Crippen LogP contribution in [0, 0.1) is 0 Å². The second-order valence-electron chi connectivity index (χ2n) is 3.59. The Morgan fingerprint density at radius 1 is 1.73 bits per heavy atom. The highest BCUT2D eigenvalue weighted by molar-refractivity contribution is 7.98. The van der Waals surface area contributed by atoms with Crippen LogP contribution in [-0.4, -0.2) is 35.2 Å². The van der Waals surface area contributed by atoms with Gasteiger partial charge in [-0.1, -0.05) is 6.07 Å². The molecule has 1 rings (SSSR count). The van der Waals surface area contributed by atoms with Crippen LogP contribution in [0.3, 0.4) is 0 Å². The minimum absolute atomic E-state index is 0.119. The predicted octanol–water partition coefficient (Wildman–Crippen LogP) is 1.59. The summed E-state index contributed by atoms with van der Waals surface area (Å²) in [5.41, 5.74) is -0.841. The Morgan fingerprint density at radius 3 is 3.00 bits per heavy atom. The van der Waals surface area contributed by atoms with E-state index in [2.05, 4.69) is 5.32 Å². The summed E-state index contributed by atoms with van der Waals surface area (Å²) in [5, 5.41) is 14.4. The Balaban J connectivity index is 2.40. The lowest BCUT2D eigenvalue weighted by atomic mass is 10.1. The zero-order chi connectivity index (χ0) is 11.3. The number of carbonyl (C=O) groups is 1. The third-order valence-electron chi connectivity index (χ3n) is 1.83. The van der Waals surface area contributed by atoms with E-state index in [1.54, 1.807) is 24.8 Å². The van der Waals surface area contributed by atoms with E-state index in [1.165, 1.54) is 11.3 Å². The molecule has 1 atom stereocenters. The van der Waals surface area contributed by atoms with Gasteiger partial charge in [-0.2, -0.15) is 11.8 Å². The van der Waals surface area contributed by atoms with Crippen LogP contribution in [0.15, 0.2) is 17.5 Å². The van der Waals surface area contributed by atoms with E-state index in [9.17, 15) is 9.90 Å². The summed E-state index contributed by atoms with van der Waals surface area (Å²) in [6.45, 7) is 2.00. The molecule has 2 N–H and O–H groups in total. The van der Waals surface area contributed by atoms with E-state index in [1.807, 2.05) is 17.7 Å². The summed E-state index contributed by atoms with van der Waals surface area (Å²) in [6, 6.07) is 3.60. The van der Waals surface area contributed by atoms with E-state index in [0.717, 1.165) is 0 Å². The predicted molar refractivity (Wildman–Crippen MR) is 65.7 cm³/mol. The van der Waals surface area contributed by atoms with Crippen LogP contribution in [0.2, 0.25) is 0 Å². The molecular formula is C10H15NO2S2. The smallest absolute Gasteiger partial charge is 0.261 e. The molecule has 15 heavy (non-hydrogen) atoms. The van der Waals surface area contributed by atoms with Gasteiger partial charge >= 0.3 is 0 Å². The van der Waals surface area contributed by atoms with Crippen molar-refractivity contribution < 1.29 is 9.90 Å². The molecule has 0 aliphatic rings. The van der Waals surface area contributed by atoms with Gasteiger partial charge < -0.3 is 10.4 Å². The fourth-order valence-electron chi connectivity index (χ4n) is 1.13. The first-order valence-corrected chi connectivity index (χ1v) is 6.85. The lowest BCUT2D eigenvalue weighted by Gasteiger charge is -2.22. The maximum absolute atomic E-state index is 11.5. The topological polar surface area (TPSA) is 49.3 Å². The zero-order valence-electron chi connectivity index (χ0n) is 8.82. The van der Waals surface area contributed by atoms with E-state index < -0.39 is 5.60 Å². The Morgan fingerprint density at radius 2 is 2.47 bits per heavy atom. The van der Waals surface area contributed by atoms with E-state index in [4.69, 9.17) is 0 Å². The highest BCUT2D eigenvalue weighted by Gasteiger charge is 2.20. The first-order valence-electron chi connectivity index (χ1n) is 4.58. The minimum Gasteiger partial charge on any atom is -0.387 e. The number of carbonyl (C=O) groups excluding carboxylic acids is 1. The van der Waals surface area contributed by atoms with Gasteiger partial charge in [0.15, 0.2) is 0 Å². The van der Waals surface area contributed by atoms with Crippen molar-refractivity contribution in [3.05, 3.63) is 22.4 Å². The molecule has 0 saturated heterocycles. The monoisotopic (exact) mass is 245 g/mol. The molecule has 1 aromatic heterocycles. The van der Waals surface area contributed by atoms with E-state index >= 15 is 0 Å². The molecule has 0 radical (unpaired) electrons. The fraction of sp³-hybridized carbons (Fsp3) is 0.500. The molecule has 0 bridgehead atoms. The second-order valence-corrected chi connectivity index (χ2v) is 5.40. The Labute approximate surface area is 97.9 Å². The molecule has 0 aliphatic carbocycles. The third-order valence-corrected chi connectivity index (χ3v) is 3.61. The molecule has 5 heteroatoms. The van der Waals surface area contributed by atoms with Crippen LogP contribution in [0.4, 0.5) is 0 Å². The fourth-order valence-corrected chi connectivity index (χ4v) is 2.49. The standard InChI is InChI=1S/C10H15NO2S2/c1-10(13,7-14-2)6-11-9(12)8-4-3-5-15-8/h3-5,13H,6-7H2,1-2H3,(H,11,12). The van der Waals surface area contributed by atoms with Gasteiger partial charge in [-0.25, -0.2) is 0 Å². The Hall–Kier alpha value is -0.520. The molecule has 0 saturated carbocycles. The van der Waals surface area contributed by atoms with Gasteiger partial charge in [0.1, 0.15) is 0 Å². The molecule has 84 valence electrons. The van der Waals surface area contributed by atoms with Crippen molar-refractivity contribution in [1.82, 2.24) is 5.32 Å². The van der Waals surface area contributed by atoms with Crippen molar-refractivity contribution >= 4 is 29.0 Å². The van der Waals surface area contributed by atoms with Crippen LogP contribution in [0.5, 0.6) is 0 Å². The van der Waals surface area contributed by atoms with Crippen LogP contribution >= 0.6 is 23.1 Å². The van der Waals surface area contributed by atoms with Crippen LogP contribution in [0.1, 0.15) is 16.6 Å². The normalized spacial score (nSPS) is 14.6. The summed E-state index contributed by atoms with van der Waals surface area (Å²) in [7, 11) is 0. The number of amides is 1. The highest BCUT2D eigenvalue weighted by atomic mass is 32.2. The molecular weight excluding hydrogens is 230 g/mol. The molecule has 1 unspecified atom stereocenters. The largest absolute Gasteiger partial charge is 0.387 e. The number of rotatable bonds is 5. The van der Waals surface area contributed by atoms with Gasteiger partial charge in [0, 0.05) is 12.3 Å². The average Bonchev–Trinajstić information content (AvgIpc) is 2.67. The van der Waals surface area contributed by atoms with Gasteiger partial charge in [-0.05, 0) is 24.6 Å². The van der Waals surface area contributed by atoms with Crippen LogP contribution in [0.25, 0.3) is 0 Å². The van der Waals surface area contributed by atoms with Crippen molar-refractivity contribution in [2.45, 2.75) is 12.5 Å². The molecule has 1 aromatic rings. The van der Waals surface area contributed by atoms with Crippen LogP contribution in [-0.2, 0) is 0 Å². The van der Waals surface area contributed by atoms with Gasteiger partial charge in [0.25, 0.3) is 5.91 Å². The lowest BCUT2D eigenvalue weighted by molar-refractivity contribution is 0.0727. The van der Waals surface area contributed by atoms with E-state index in [-0.39, 0.29) is 12.5 Å². The number of nitrogens with one attached hydrogen (secondary N) is 1. The summed E-state index contributed by atoms with van der Waals surface area (Å²) in [6.07, 6.45) is 1.93. The van der Waals surface area contributed by atoms with Gasteiger partial charge in [-0.15, -0.1) is 11.3 Å². The molecule has 0 fully saturated rings.